The van der Waals surface area contributed by atoms with Gasteiger partial charge in [-0.2, -0.15) is 0 Å². The van der Waals surface area contributed by atoms with Gasteiger partial charge in [-0.25, -0.2) is 0 Å². The molecule has 0 amide bonds. The van der Waals surface area contributed by atoms with Crippen LogP contribution < -0.4 is 5.73 Å². The molecule has 1 rings (SSSR count). The molecule has 0 bridgehead atoms. The van der Waals surface area contributed by atoms with Crippen LogP contribution in [0.4, 0.5) is 0 Å². The van der Waals surface area contributed by atoms with Gasteiger partial charge >= 0.3 is 0 Å². The minimum atomic E-state index is 0.222. The highest BCUT2D eigenvalue weighted by atomic mass is 16.3. The summed E-state index contributed by atoms with van der Waals surface area (Å²) >= 11 is 0. The first-order valence-corrected chi connectivity index (χ1v) is 4.80. The number of hydrogen-bond acceptors (Lipinski definition) is 2. The summed E-state index contributed by atoms with van der Waals surface area (Å²) in [5.74, 6) is 0.655. The molecule has 3 N–H and O–H groups in total. The van der Waals surface area contributed by atoms with Crippen molar-refractivity contribution in [3.05, 3.63) is 22.8 Å². The molecule has 1 aliphatic carbocycles. The molecular weight excluding hydrogens is 162 g/mol. The number of hydrogen-bond donors (Lipinski definition) is 2. The van der Waals surface area contributed by atoms with Crippen LogP contribution in [0, 0.1) is 11.8 Å². The fraction of sp³-hybridized carbons (Fsp3) is 0.636. The first-order chi connectivity index (χ1) is 6.11. The molecule has 2 atom stereocenters. The van der Waals surface area contributed by atoms with Gasteiger partial charge in [0.15, 0.2) is 0 Å². The Balaban J connectivity index is 3.00. The summed E-state index contributed by atoms with van der Waals surface area (Å²) in [7, 11) is 0. The van der Waals surface area contributed by atoms with E-state index >= 15 is 0 Å². The minimum Gasteiger partial charge on any atom is -0.396 e. The van der Waals surface area contributed by atoms with Crippen LogP contribution in [-0.4, -0.2) is 18.3 Å². The zero-order valence-electron chi connectivity index (χ0n) is 8.67. The zero-order valence-corrected chi connectivity index (χ0v) is 8.67. The smallest absolute Gasteiger partial charge is 0.0502 e. The van der Waals surface area contributed by atoms with Crippen molar-refractivity contribution in [2.45, 2.75) is 20.8 Å². The molecule has 0 heterocycles. The monoisotopic (exact) mass is 181 g/mol. The summed E-state index contributed by atoms with van der Waals surface area (Å²) in [5.41, 5.74) is 9.50. The van der Waals surface area contributed by atoms with Gasteiger partial charge in [0, 0.05) is 12.5 Å². The third-order valence-corrected chi connectivity index (χ3v) is 3.11. The van der Waals surface area contributed by atoms with Gasteiger partial charge in [0.05, 0.1) is 6.61 Å². The van der Waals surface area contributed by atoms with Crippen molar-refractivity contribution in [2.75, 3.05) is 13.2 Å². The highest BCUT2D eigenvalue weighted by Gasteiger charge is 2.25. The van der Waals surface area contributed by atoms with Crippen LogP contribution in [-0.2, 0) is 0 Å². The predicted octanol–water partition coefficient (Wildman–Crippen LogP) is 1.47. The van der Waals surface area contributed by atoms with Crippen LogP contribution in [0.2, 0.25) is 0 Å². The van der Waals surface area contributed by atoms with Crippen LogP contribution in [0.5, 0.6) is 0 Å². The first kappa shape index (κ1) is 10.5. The van der Waals surface area contributed by atoms with Gasteiger partial charge in [0.25, 0.3) is 0 Å². The van der Waals surface area contributed by atoms with E-state index in [4.69, 9.17) is 5.73 Å². The molecule has 13 heavy (non-hydrogen) atoms. The van der Waals surface area contributed by atoms with E-state index in [-0.39, 0.29) is 12.5 Å². The summed E-state index contributed by atoms with van der Waals surface area (Å²) in [5, 5.41) is 9.23. The van der Waals surface area contributed by atoms with E-state index in [9.17, 15) is 5.11 Å². The van der Waals surface area contributed by atoms with E-state index in [1.165, 1.54) is 16.7 Å². The van der Waals surface area contributed by atoms with Crippen molar-refractivity contribution < 1.29 is 5.11 Å². The van der Waals surface area contributed by atoms with Crippen molar-refractivity contribution >= 4 is 0 Å². The highest BCUT2D eigenvalue weighted by Crippen LogP contribution is 2.33. The number of aliphatic hydroxyl groups excluding tert-OH is 1. The SMILES string of the molecule is CC1=CC(C)=C(CN)C(C)C1CO. The van der Waals surface area contributed by atoms with Gasteiger partial charge in [-0.1, -0.05) is 29.7 Å². The van der Waals surface area contributed by atoms with Gasteiger partial charge < -0.3 is 10.8 Å². The average molecular weight is 181 g/mol. The number of aliphatic hydroxyl groups is 1. The summed E-state index contributed by atoms with van der Waals surface area (Å²) in [4.78, 5) is 0. The largest absolute Gasteiger partial charge is 0.396 e. The molecule has 0 aromatic heterocycles. The maximum atomic E-state index is 9.23. The molecule has 0 aromatic rings. The molecule has 0 aromatic carbocycles. The Kier molecular flexibility index (Phi) is 3.28. The Bertz CT molecular complexity index is 253. The van der Waals surface area contributed by atoms with Crippen LogP contribution in [0.3, 0.4) is 0 Å². The Labute approximate surface area is 80.1 Å². The summed E-state index contributed by atoms with van der Waals surface area (Å²) < 4.78 is 0. The molecule has 0 saturated heterocycles. The Morgan fingerprint density at radius 3 is 2.54 bits per heavy atom. The average Bonchev–Trinajstić information content (AvgIpc) is 2.04. The van der Waals surface area contributed by atoms with Gasteiger partial charge in [-0.3, -0.25) is 0 Å². The van der Waals surface area contributed by atoms with E-state index in [2.05, 4.69) is 26.8 Å². The van der Waals surface area contributed by atoms with Crippen molar-refractivity contribution in [3.8, 4) is 0 Å². The third-order valence-electron chi connectivity index (χ3n) is 3.11. The van der Waals surface area contributed by atoms with Gasteiger partial charge in [0.1, 0.15) is 0 Å². The lowest BCUT2D eigenvalue weighted by Crippen LogP contribution is -2.26. The number of allylic oxidation sites excluding steroid dienone is 2. The minimum absolute atomic E-state index is 0.222. The van der Waals surface area contributed by atoms with Crippen molar-refractivity contribution in [1.29, 1.82) is 0 Å². The summed E-state index contributed by atoms with van der Waals surface area (Å²) in [6, 6.07) is 0. The van der Waals surface area contributed by atoms with Crippen molar-refractivity contribution in [3.63, 3.8) is 0 Å². The molecule has 0 radical (unpaired) electrons. The van der Waals surface area contributed by atoms with Crippen molar-refractivity contribution in [1.82, 2.24) is 0 Å². The molecule has 1 aliphatic rings. The van der Waals surface area contributed by atoms with E-state index in [0.717, 1.165) is 0 Å². The third kappa shape index (κ3) is 1.84. The first-order valence-electron chi connectivity index (χ1n) is 4.80. The van der Waals surface area contributed by atoms with Crippen LogP contribution in [0.1, 0.15) is 20.8 Å². The number of rotatable bonds is 2. The molecule has 0 aliphatic heterocycles. The second-order valence-corrected chi connectivity index (χ2v) is 3.88. The maximum absolute atomic E-state index is 9.23. The molecule has 0 spiro atoms. The van der Waals surface area contributed by atoms with E-state index < -0.39 is 0 Å². The fourth-order valence-corrected chi connectivity index (χ4v) is 2.19. The maximum Gasteiger partial charge on any atom is 0.0502 e. The standard InChI is InChI=1S/C11H19NO/c1-7-4-8(2)11(6-13)9(3)10(7)5-12/h4,9,11,13H,5-6,12H2,1-3H3. The topological polar surface area (TPSA) is 46.2 Å². The lowest BCUT2D eigenvalue weighted by Gasteiger charge is -2.30. The van der Waals surface area contributed by atoms with E-state index in [1.807, 2.05) is 0 Å². The van der Waals surface area contributed by atoms with E-state index in [0.29, 0.717) is 12.5 Å². The lowest BCUT2D eigenvalue weighted by molar-refractivity contribution is 0.216. The molecule has 2 unspecified atom stereocenters. The van der Waals surface area contributed by atoms with Gasteiger partial charge in [-0.15, -0.1) is 0 Å². The molecule has 2 nitrogen and oxygen atoms in total. The van der Waals surface area contributed by atoms with Crippen LogP contribution in [0.15, 0.2) is 22.8 Å². The Morgan fingerprint density at radius 2 is 2.08 bits per heavy atom. The number of nitrogens with two attached hydrogens (primary N) is 1. The normalized spacial score (nSPS) is 29.2. The molecule has 2 heteroatoms. The molecular formula is C11H19NO. The Hall–Kier alpha value is -0.600. The second-order valence-electron chi connectivity index (χ2n) is 3.88. The Morgan fingerprint density at radius 1 is 1.46 bits per heavy atom. The van der Waals surface area contributed by atoms with Crippen molar-refractivity contribution in [2.24, 2.45) is 17.6 Å². The van der Waals surface area contributed by atoms with Crippen LogP contribution in [0.25, 0.3) is 0 Å². The lowest BCUT2D eigenvalue weighted by atomic mass is 9.77. The highest BCUT2D eigenvalue weighted by molar-refractivity contribution is 5.35. The fourth-order valence-electron chi connectivity index (χ4n) is 2.19. The molecule has 74 valence electrons. The molecule has 0 saturated carbocycles. The molecule has 0 fully saturated rings. The summed E-state index contributed by atoms with van der Waals surface area (Å²) in [6.45, 7) is 7.14. The van der Waals surface area contributed by atoms with E-state index in [1.54, 1.807) is 0 Å². The van der Waals surface area contributed by atoms with Crippen LogP contribution >= 0.6 is 0 Å². The predicted molar refractivity (Wildman–Crippen MR) is 55.3 cm³/mol. The van der Waals surface area contributed by atoms with Gasteiger partial charge in [-0.05, 0) is 19.8 Å². The quantitative estimate of drug-likeness (QED) is 0.677. The summed E-state index contributed by atoms with van der Waals surface area (Å²) in [6.07, 6.45) is 2.14. The zero-order chi connectivity index (χ0) is 10.0. The second kappa shape index (κ2) is 4.07. The van der Waals surface area contributed by atoms with Gasteiger partial charge in [0.2, 0.25) is 0 Å².